The molecule has 1 rings (SSSR count). The molecule has 0 radical (unpaired) electrons. The number of allylic oxidation sites excluding steroid dienone is 4. The normalized spacial score (nSPS) is 20.6. The van der Waals surface area contributed by atoms with Crippen molar-refractivity contribution in [1.29, 1.82) is 0 Å². The molecule has 0 aromatic rings. The minimum atomic E-state index is -0.208. The topological polar surface area (TPSA) is 29.5 Å². The Balaban J connectivity index is 1.92. The SMILES string of the molecule is CCCCCCCCCC/C=C/COCC1(CO)C=CC=CC1. The standard InChI is InChI=1S/C21H36O2/c1-2-3-4-5-6-7-8-9-10-11-15-18-23-20-21(19-22)16-13-12-14-17-21/h11-16,22H,2-10,17-20H2,1H3/b15-11+. The summed E-state index contributed by atoms with van der Waals surface area (Å²) in [5.41, 5.74) is -0.208. The van der Waals surface area contributed by atoms with Gasteiger partial charge in [0.1, 0.15) is 0 Å². The van der Waals surface area contributed by atoms with Gasteiger partial charge < -0.3 is 9.84 Å². The van der Waals surface area contributed by atoms with Crippen LogP contribution in [0.5, 0.6) is 0 Å². The van der Waals surface area contributed by atoms with Crippen LogP contribution >= 0.6 is 0 Å². The summed E-state index contributed by atoms with van der Waals surface area (Å²) in [6, 6.07) is 0. The van der Waals surface area contributed by atoms with Crippen LogP contribution < -0.4 is 0 Å². The van der Waals surface area contributed by atoms with E-state index in [2.05, 4.69) is 31.2 Å². The first-order chi connectivity index (χ1) is 11.3. The molecule has 0 aromatic heterocycles. The van der Waals surface area contributed by atoms with Crippen LogP contribution in [0.1, 0.15) is 71.1 Å². The van der Waals surface area contributed by atoms with Gasteiger partial charge in [0.05, 0.1) is 19.8 Å². The molecule has 1 aliphatic carbocycles. The largest absolute Gasteiger partial charge is 0.395 e. The maximum Gasteiger partial charge on any atom is 0.0647 e. The lowest BCUT2D eigenvalue weighted by molar-refractivity contribution is 0.0478. The Kier molecular flexibility index (Phi) is 11.9. The van der Waals surface area contributed by atoms with E-state index in [1.807, 2.05) is 12.2 Å². The zero-order chi connectivity index (χ0) is 16.6. The lowest BCUT2D eigenvalue weighted by Crippen LogP contribution is -2.29. The second-order valence-electron chi connectivity index (χ2n) is 6.76. The highest BCUT2D eigenvalue weighted by atomic mass is 16.5. The summed E-state index contributed by atoms with van der Waals surface area (Å²) in [4.78, 5) is 0. The highest BCUT2D eigenvalue weighted by Gasteiger charge is 2.26. The maximum atomic E-state index is 9.55. The van der Waals surface area contributed by atoms with E-state index in [0.29, 0.717) is 13.2 Å². The van der Waals surface area contributed by atoms with Crippen LogP contribution in [-0.4, -0.2) is 24.9 Å². The first-order valence-corrected chi connectivity index (χ1v) is 9.51. The van der Waals surface area contributed by atoms with E-state index in [1.165, 1.54) is 51.4 Å². The van der Waals surface area contributed by atoms with Crippen LogP contribution in [0.3, 0.4) is 0 Å². The van der Waals surface area contributed by atoms with E-state index in [9.17, 15) is 5.11 Å². The molecule has 1 atom stereocenters. The van der Waals surface area contributed by atoms with Gasteiger partial charge in [0.2, 0.25) is 0 Å². The third kappa shape index (κ3) is 9.78. The van der Waals surface area contributed by atoms with Crippen molar-refractivity contribution in [1.82, 2.24) is 0 Å². The molecule has 0 fully saturated rings. The van der Waals surface area contributed by atoms with Crippen molar-refractivity contribution >= 4 is 0 Å². The molecule has 1 aliphatic rings. The average molecular weight is 321 g/mol. The number of aliphatic hydroxyl groups excluding tert-OH is 1. The summed E-state index contributed by atoms with van der Waals surface area (Å²) in [6.45, 7) is 3.65. The van der Waals surface area contributed by atoms with Gasteiger partial charge >= 0.3 is 0 Å². The van der Waals surface area contributed by atoms with E-state index in [-0.39, 0.29) is 12.0 Å². The number of aliphatic hydroxyl groups is 1. The number of rotatable bonds is 14. The molecule has 0 saturated carbocycles. The third-order valence-corrected chi connectivity index (χ3v) is 4.53. The average Bonchev–Trinajstić information content (AvgIpc) is 2.60. The fourth-order valence-electron chi connectivity index (χ4n) is 2.89. The van der Waals surface area contributed by atoms with Gasteiger partial charge in [0.25, 0.3) is 0 Å². The van der Waals surface area contributed by atoms with Crippen molar-refractivity contribution in [2.24, 2.45) is 5.41 Å². The first-order valence-electron chi connectivity index (χ1n) is 9.51. The molecule has 1 unspecified atom stereocenters. The molecular formula is C21H36O2. The molecule has 0 bridgehead atoms. The molecular weight excluding hydrogens is 284 g/mol. The first kappa shape index (κ1) is 20.2. The summed E-state index contributed by atoms with van der Waals surface area (Å²) < 4.78 is 5.72. The van der Waals surface area contributed by atoms with Crippen molar-refractivity contribution in [3.63, 3.8) is 0 Å². The van der Waals surface area contributed by atoms with E-state index in [4.69, 9.17) is 4.74 Å². The van der Waals surface area contributed by atoms with Crippen LogP contribution in [-0.2, 0) is 4.74 Å². The number of unbranched alkanes of at least 4 members (excludes halogenated alkanes) is 8. The van der Waals surface area contributed by atoms with Gasteiger partial charge in [-0.3, -0.25) is 0 Å². The molecule has 0 amide bonds. The van der Waals surface area contributed by atoms with Crippen molar-refractivity contribution in [3.05, 3.63) is 36.5 Å². The van der Waals surface area contributed by atoms with Gasteiger partial charge in [0.15, 0.2) is 0 Å². The van der Waals surface area contributed by atoms with Gasteiger partial charge in [0, 0.05) is 5.41 Å². The lowest BCUT2D eigenvalue weighted by atomic mass is 9.83. The fraction of sp³-hybridized carbons (Fsp3) is 0.714. The Morgan fingerprint density at radius 1 is 1.00 bits per heavy atom. The Labute approximate surface area is 143 Å². The Morgan fingerprint density at radius 3 is 2.39 bits per heavy atom. The second kappa shape index (κ2) is 13.6. The highest BCUT2D eigenvalue weighted by Crippen LogP contribution is 2.27. The van der Waals surface area contributed by atoms with Crippen LogP contribution in [0.25, 0.3) is 0 Å². The van der Waals surface area contributed by atoms with E-state index >= 15 is 0 Å². The zero-order valence-corrected chi connectivity index (χ0v) is 15.0. The Morgan fingerprint density at radius 2 is 1.74 bits per heavy atom. The van der Waals surface area contributed by atoms with Crippen LogP contribution in [0.4, 0.5) is 0 Å². The second-order valence-corrected chi connectivity index (χ2v) is 6.76. The van der Waals surface area contributed by atoms with Crippen molar-refractivity contribution in [2.45, 2.75) is 71.1 Å². The minimum absolute atomic E-state index is 0.149. The molecule has 0 saturated heterocycles. The summed E-state index contributed by atoms with van der Waals surface area (Å²) in [7, 11) is 0. The highest BCUT2D eigenvalue weighted by molar-refractivity contribution is 5.16. The van der Waals surface area contributed by atoms with Gasteiger partial charge in [-0.25, -0.2) is 0 Å². The Bertz CT molecular complexity index is 357. The van der Waals surface area contributed by atoms with Crippen LogP contribution in [0.15, 0.2) is 36.5 Å². The summed E-state index contributed by atoms with van der Waals surface area (Å²) in [5, 5.41) is 9.55. The zero-order valence-electron chi connectivity index (χ0n) is 15.0. The smallest absolute Gasteiger partial charge is 0.0647 e. The summed E-state index contributed by atoms with van der Waals surface area (Å²) in [5.74, 6) is 0. The number of hydrogen-bond donors (Lipinski definition) is 1. The molecule has 0 heterocycles. The van der Waals surface area contributed by atoms with E-state index in [1.54, 1.807) is 0 Å². The van der Waals surface area contributed by atoms with Crippen molar-refractivity contribution < 1.29 is 9.84 Å². The minimum Gasteiger partial charge on any atom is -0.395 e. The molecule has 0 aromatic carbocycles. The molecule has 132 valence electrons. The Hall–Kier alpha value is -0.860. The predicted molar refractivity (Wildman–Crippen MR) is 99.6 cm³/mol. The molecule has 0 aliphatic heterocycles. The maximum absolute atomic E-state index is 9.55. The number of hydrogen-bond acceptors (Lipinski definition) is 2. The van der Waals surface area contributed by atoms with Gasteiger partial charge in [-0.05, 0) is 19.3 Å². The quantitative estimate of drug-likeness (QED) is 0.334. The van der Waals surface area contributed by atoms with Gasteiger partial charge in [-0.1, -0.05) is 88.3 Å². The van der Waals surface area contributed by atoms with Crippen LogP contribution in [0.2, 0.25) is 0 Å². The molecule has 1 N–H and O–H groups in total. The van der Waals surface area contributed by atoms with Crippen molar-refractivity contribution in [3.8, 4) is 0 Å². The fourth-order valence-corrected chi connectivity index (χ4v) is 2.89. The van der Waals surface area contributed by atoms with Gasteiger partial charge in [-0.15, -0.1) is 0 Å². The molecule has 2 nitrogen and oxygen atoms in total. The van der Waals surface area contributed by atoms with E-state index in [0.717, 1.165) is 12.8 Å². The molecule has 2 heteroatoms. The summed E-state index contributed by atoms with van der Waals surface area (Å²) in [6.07, 6.45) is 25.5. The van der Waals surface area contributed by atoms with E-state index < -0.39 is 0 Å². The molecule has 23 heavy (non-hydrogen) atoms. The van der Waals surface area contributed by atoms with Gasteiger partial charge in [-0.2, -0.15) is 0 Å². The number of ether oxygens (including phenoxy) is 1. The van der Waals surface area contributed by atoms with Crippen LogP contribution in [0, 0.1) is 5.41 Å². The molecule has 0 spiro atoms. The lowest BCUT2D eigenvalue weighted by Gasteiger charge is -2.28. The third-order valence-electron chi connectivity index (χ3n) is 4.53. The summed E-state index contributed by atoms with van der Waals surface area (Å²) >= 11 is 0. The predicted octanol–water partition coefficient (Wildman–Crippen LogP) is 5.58. The monoisotopic (exact) mass is 320 g/mol. The van der Waals surface area contributed by atoms with Crippen molar-refractivity contribution in [2.75, 3.05) is 19.8 Å².